The molecule has 1 aromatic heterocycles. The van der Waals surface area contributed by atoms with E-state index in [4.69, 9.17) is 9.47 Å². The van der Waals surface area contributed by atoms with Crippen molar-refractivity contribution in [3.63, 3.8) is 0 Å². The molecule has 122 valence electrons. The van der Waals surface area contributed by atoms with E-state index < -0.39 is 0 Å². The smallest absolute Gasteiger partial charge is 0.255 e. The van der Waals surface area contributed by atoms with Gasteiger partial charge >= 0.3 is 0 Å². The standard InChI is InChI=1S/C17H21N3O3/c1-3-23-15-7-5-4-6-14(15)20-17(21)13-8-9-18-16(12-13)19-10-11-22-2/h4-9,12H,3,10-11H2,1-2H3,(H,18,19)(H,20,21). The number of benzene rings is 1. The first-order valence-electron chi connectivity index (χ1n) is 7.46. The molecule has 0 aliphatic carbocycles. The molecule has 23 heavy (non-hydrogen) atoms. The Labute approximate surface area is 135 Å². The van der Waals surface area contributed by atoms with E-state index >= 15 is 0 Å². The van der Waals surface area contributed by atoms with Crippen molar-refractivity contribution >= 4 is 17.4 Å². The van der Waals surface area contributed by atoms with E-state index in [1.165, 1.54) is 0 Å². The van der Waals surface area contributed by atoms with Gasteiger partial charge < -0.3 is 20.1 Å². The second-order valence-electron chi connectivity index (χ2n) is 4.73. The summed E-state index contributed by atoms with van der Waals surface area (Å²) in [7, 11) is 1.63. The number of aromatic nitrogens is 1. The lowest BCUT2D eigenvalue weighted by atomic mass is 10.2. The Bertz CT molecular complexity index is 646. The lowest BCUT2D eigenvalue weighted by Gasteiger charge is -2.12. The molecule has 1 aromatic carbocycles. The number of methoxy groups -OCH3 is 1. The predicted octanol–water partition coefficient (Wildman–Crippen LogP) is 2.79. The summed E-state index contributed by atoms with van der Waals surface area (Å²) in [6.45, 7) is 3.64. The predicted molar refractivity (Wildman–Crippen MR) is 90.2 cm³/mol. The largest absolute Gasteiger partial charge is 0.492 e. The molecule has 0 aliphatic rings. The minimum Gasteiger partial charge on any atom is -0.492 e. The lowest BCUT2D eigenvalue weighted by Crippen LogP contribution is -2.14. The highest BCUT2D eigenvalue weighted by atomic mass is 16.5. The molecule has 0 radical (unpaired) electrons. The number of hydrogen-bond acceptors (Lipinski definition) is 5. The Kier molecular flexibility index (Phi) is 6.38. The van der Waals surface area contributed by atoms with E-state index in [0.717, 1.165) is 0 Å². The van der Waals surface area contributed by atoms with Crippen molar-refractivity contribution in [2.24, 2.45) is 0 Å². The van der Waals surface area contributed by atoms with Gasteiger partial charge in [-0.15, -0.1) is 0 Å². The maximum absolute atomic E-state index is 12.4. The van der Waals surface area contributed by atoms with Crippen molar-refractivity contribution < 1.29 is 14.3 Å². The average Bonchev–Trinajstić information content (AvgIpc) is 2.57. The third-order valence-electron chi connectivity index (χ3n) is 3.07. The van der Waals surface area contributed by atoms with Crippen molar-refractivity contribution in [1.82, 2.24) is 4.98 Å². The van der Waals surface area contributed by atoms with Crippen LogP contribution in [0.25, 0.3) is 0 Å². The highest BCUT2D eigenvalue weighted by Gasteiger charge is 2.10. The van der Waals surface area contributed by atoms with Gasteiger partial charge in [0.05, 0.1) is 18.9 Å². The third kappa shape index (κ3) is 4.96. The summed E-state index contributed by atoms with van der Waals surface area (Å²) in [6.07, 6.45) is 1.60. The van der Waals surface area contributed by atoms with Crippen LogP contribution in [0.2, 0.25) is 0 Å². The number of nitrogens with one attached hydrogen (secondary N) is 2. The van der Waals surface area contributed by atoms with Gasteiger partial charge in [-0.05, 0) is 31.2 Å². The van der Waals surface area contributed by atoms with Gasteiger partial charge in [0.2, 0.25) is 0 Å². The van der Waals surface area contributed by atoms with Gasteiger partial charge in [0.25, 0.3) is 5.91 Å². The van der Waals surface area contributed by atoms with E-state index in [-0.39, 0.29) is 5.91 Å². The minimum atomic E-state index is -0.214. The van der Waals surface area contributed by atoms with Crippen molar-refractivity contribution in [2.45, 2.75) is 6.92 Å². The van der Waals surface area contributed by atoms with Crippen molar-refractivity contribution in [1.29, 1.82) is 0 Å². The second kappa shape index (κ2) is 8.75. The summed E-state index contributed by atoms with van der Waals surface area (Å²) in [5, 5.41) is 5.96. The van der Waals surface area contributed by atoms with Gasteiger partial charge in [0.1, 0.15) is 11.6 Å². The summed E-state index contributed by atoms with van der Waals surface area (Å²) >= 11 is 0. The number of anilines is 2. The Morgan fingerprint density at radius 1 is 1.26 bits per heavy atom. The fourth-order valence-corrected chi connectivity index (χ4v) is 2.00. The van der Waals surface area contributed by atoms with Crippen molar-refractivity contribution in [3.05, 3.63) is 48.2 Å². The van der Waals surface area contributed by atoms with Gasteiger partial charge in [-0.25, -0.2) is 4.98 Å². The Morgan fingerprint density at radius 2 is 2.09 bits per heavy atom. The molecule has 2 N–H and O–H groups in total. The number of carbonyl (C=O) groups is 1. The molecule has 2 rings (SSSR count). The van der Waals surface area contributed by atoms with Crippen LogP contribution in [-0.2, 0) is 4.74 Å². The van der Waals surface area contributed by atoms with Crippen molar-refractivity contribution in [2.75, 3.05) is 37.5 Å². The quantitative estimate of drug-likeness (QED) is 0.733. The molecule has 0 fully saturated rings. The first-order valence-corrected chi connectivity index (χ1v) is 7.46. The number of rotatable bonds is 8. The number of ether oxygens (including phenoxy) is 2. The normalized spacial score (nSPS) is 10.2. The first kappa shape index (κ1) is 16.8. The average molecular weight is 315 g/mol. The molecule has 0 unspecified atom stereocenters. The zero-order valence-electron chi connectivity index (χ0n) is 13.3. The highest BCUT2D eigenvalue weighted by Crippen LogP contribution is 2.24. The first-order chi connectivity index (χ1) is 11.2. The zero-order chi connectivity index (χ0) is 16.5. The van der Waals surface area contributed by atoms with Crippen LogP contribution >= 0.6 is 0 Å². The van der Waals surface area contributed by atoms with Gasteiger partial charge in [0.15, 0.2) is 0 Å². The molecule has 0 aliphatic heterocycles. The molecule has 0 spiro atoms. The molecule has 2 aromatic rings. The van der Waals surface area contributed by atoms with Crippen LogP contribution in [-0.4, -0.2) is 37.8 Å². The Morgan fingerprint density at radius 3 is 2.87 bits per heavy atom. The molecular formula is C17H21N3O3. The summed E-state index contributed by atoms with van der Waals surface area (Å²) < 4.78 is 10.5. The van der Waals surface area contributed by atoms with Crippen LogP contribution in [0.3, 0.4) is 0 Å². The number of amides is 1. The fraction of sp³-hybridized carbons (Fsp3) is 0.294. The van der Waals surface area contributed by atoms with E-state index in [9.17, 15) is 4.79 Å². The van der Waals surface area contributed by atoms with Gasteiger partial charge in [-0.1, -0.05) is 12.1 Å². The van der Waals surface area contributed by atoms with E-state index in [1.54, 1.807) is 25.4 Å². The van der Waals surface area contributed by atoms with Crippen LogP contribution in [0.4, 0.5) is 11.5 Å². The van der Waals surface area contributed by atoms with Crippen LogP contribution in [0, 0.1) is 0 Å². The van der Waals surface area contributed by atoms with Gasteiger partial charge in [0, 0.05) is 25.4 Å². The van der Waals surface area contributed by atoms with Gasteiger partial charge in [-0.2, -0.15) is 0 Å². The maximum atomic E-state index is 12.4. The molecule has 0 bridgehead atoms. The Hall–Kier alpha value is -2.60. The summed E-state index contributed by atoms with van der Waals surface area (Å²) in [5.41, 5.74) is 1.16. The number of para-hydroxylation sites is 2. The number of carbonyl (C=O) groups excluding carboxylic acids is 1. The molecule has 1 amide bonds. The lowest BCUT2D eigenvalue weighted by molar-refractivity contribution is 0.102. The molecule has 0 saturated heterocycles. The van der Waals surface area contributed by atoms with E-state index in [2.05, 4.69) is 15.6 Å². The monoisotopic (exact) mass is 315 g/mol. The molecule has 0 saturated carbocycles. The van der Waals surface area contributed by atoms with Crippen LogP contribution in [0.1, 0.15) is 17.3 Å². The molecule has 6 heteroatoms. The van der Waals surface area contributed by atoms with E-state index in [0.29, 0.717) is 42.6 Å². The topological polar surface area (TPSA) is 72.5 Å². The number of hydrogen-bond donors (Lipinski definition) is 2. The highest BCUT2D eigenvalue weighted by molar-refractivity contribution is 6.05. The fourth-order valence-electron chi connectivity index (χ4n) is 2.00. The van der Waals surface area contributed by atoms with Crippen LogP contribution in [0.5, 0.6) is 5.75 Å². The number of nitrogens with zero attached hydrogens (tertiary/aromatic N) is 1. The summed E-state index contributed by atoms with van der Waals surface area (Å²) in [6, 6.07) is 10.7. The number of pyridine rings is 1. The third-order valence-corrected chi connectivity index (χ3v) is 3.07. The van der Waals surface area contributed by atoms with Gasteiger partial charge in [-0.3, -0.25) is 4.79 Å². The zero-order valence-corrected chi connectivity index (χ0v) is 13.3. The molecule has 0 atom stereocenters. The van der Waals surface area contributed by atoms with Crippen LogP contribution < -0.4 is 15.4 Å². The molecule has 6 nitrogen and oxygen atoms in total. The molecule has 1 heterocycles. The molecular weight excluding hydrogens is 294 g/mol. The summed E-state index contributed by atoms with van der Waals surface area (Å²) in [4.78, 5) is 16.6. The maximum Gasteiger partial charge on any atom is 0.255 e. The SMILES string of the molecule is CCOc1ccccc1NC(=O)c1ccnc(NCCOC)c1. The van der Waals surface area contributed by atoms with E-state index in [1.807, 2.05) is 31.2 Å². The second-order valence-corrected chi connectivity index (χ2v) is 4.73. The summed E-state index contributed by atoms with van der Waals surface area (Å²) in [5.74, 6) is 1.07. The Balaban J connectivity index is 2.07. The van der Waals surface area contributed by atoms with Crippen LogP contribution in [0.15, 0.2) is 42.6 Å². The van der Waals surface area contributed by atoms with Crippen molar-refractivity contribution in [3.8, 4) is 5.75 Å². The minimum absolute atomic E-state index is 0.214.